The molecule has 0 aliphatic carbocycles. The molecule has 4 heteroatoms. The van der Waals surface area contributed by atoms with Crippen molar-refractivity contribution in [2.45, 2.75) is 19.8 Å². The zero-order valence-corrected chi connectivity index (χ0v) is 11.6. The third-order valence-corrected chi connectivity index (χ3v) is 3.87. The van der Waals surface area contributed by atoms with Gasteiger partial charge in [0.05, 0.1) is 0 Å². The van der Waals surface area contributed by atoms with Crippen LogP contribution in [-0.2, 0) is 0 Å². The Morgan fingerprint density at radius 2 is 2.26 bits per heavy atom. The lowest BCUT2D eigenvalue weighted by atomic mass is 10.0. The molecule has 0 radical (unpaired) electrons. The van der Waals surface area contributed by atoms with E-state index < -0.39 is 0 Å². The molecule has 1 atom stereocenters. The van der Waals surface area contributed by atoms with Crippen LogP contribution < -0.4 is 0 Å². The van der Waals surface area contributed by atoms with Crippen molar-refractivity contribution in [1.29, 1.82) is 0 Å². The first-order valence-electron chi connectivity index (χ1n) is 6.62. The number of amides is 1. The van der Waals surface area contributed by atoms with E-state index in [-0.39, 0.29) is 5.91 Å². The van der Waals surface area contributed by atoms with Crippen LogP contribution in [0.5, 0.6) is 0 Å². The van der Waals surface area contributed by atoms with Crippen molar-refractivity contribution in [2.24, 2.45) is 5.92 Å². The van der Waals surface area contributed by atoms with Gasteiger partial charge in [-0.15, -0.1) is 0 Å². The number of halogens is 1. The SMILES string of the molecule is CC1CCCN(C(=O)c2cc3cc(Cl)ccc3o2)C1. The maximum atomic E-state index is 12.4. The Morgan fingerprint density at radius 3 is 3.05 bits per heavy atom. The van der Waals surface area contributed by atoms with Crippen molar-refractivity contribution >= 4 is 28.5 Å². The van der Waals surface area contributed by atoms with E-state index in [0.29, 0.717) is 22.3 Å². The molecule has 1 unspecified atom stereocenters. The van der Waals surface area contributed by atoms with Gasteiger partial charge in [0.2, 0.25) is 0 Å². The van der Waals surface area contributed by atoms with Gasteiger partial charge in [0, 0.05) is 23.5 Å². The fourth-order valence-corrected chi connectivity index (χ4v) is 2.83. The summed E-state index contributed by atoms with van der Waals surface area (Å²) in [5.41, 5.74) is 0.706. The summed E-state index contributed by atoms with van der Waals surface area (Å²) in [6.07, 6.45) is 2.26. The van der Waals surface area contributed by atoms with Gasteiger partial charge in [-0.05, 0) is 43.0 Å². The standard InChI is InChI=1S/C15H16ClNO2/c1-10-3-2-6-17(9-10)15(18)14-8-11-7-12(16)4-5-13(11)19-14/h4-5,7-8,10H,2-3,6,9H2,1H3. The molecule has 1 aliphatic rings. The second-order valence-electron chi connectivity index (χ2n) is 5.29. The average molecular weight is 278 g/mol. The summed E-state index contributed by atoms with van der Waals surface area (Å²) in [7, 11) is 0. The summed E-state index contributed by atoms with van der Waals surface area (Å²) in [5, 5.41) is 1.53. The third kappa shape index (κ3) is 2.47. The molecule has 3 rings (SSSR count). The summed E-state index contributed by atoms with van der Waals surface area (Å²) in [5.74, 6) is 0.960. The van der Waals surface area contributed by atoms with E-state index in [0.717, 1.165) is 24.9 Å². The quantitative estimate of drug-likeness (QED) is 0.790. The van der Waals surface area contributed by atoms with Crippen LogP contribution in [0.3, 0.4) is 0 Å². The lowest BCUT2D eigenvalue weighted by Gasteiger charge is -2.30. The Bertz CT molecular complexity index is 620. The monoisotopic (exact) mass is 277 g/mol. The van der Waals surface area contributed by atoms with Gasteiger partial charge in [-0.1, -0.05) is 18.5 Å². The second kappa shape index (κ2) is 4.89. The largest absolute Gasteiger partial charge is 0.451 e. The lowest BCUT2D eigenvalue weighted by molar-refractivity contribution is 0.0653. The molecule has 100 valence electrons. The van der Waals surface area contributed by atoms with E-state index in [9.17, 15) is 4.79 Å². The van der Waals surface area contributed by atoms with Gasteiger partial charge in [-0.25, -0.2) is 0 Å². The van der Waals surface area contributed by atoms with Crippen molar-refractivity contribution in [1.82, 2.24) is 4.90 Å². The number of nitrogens with zero attached hydrogens (tertiary/aromatic N) is 1. The third-order valence-electron chi connectivity index (χ3n) is 3.63. The summed E-state index contributed by atoms with van der Waals surface area (Å²) < 4.78 is 5.62. The van der Waals surface area contributed by atoms with Gasteiger partial charge in [0.25, 0.3) is 5.91 Å². The number of rotatable bonds is 1. The van der Waals surface area contributed by atoms with Gasteiger partial charge >= 0.3 is 0 Å². The fourth-order valence-electron chi connectivity index (χ4n) is 2.65. The molecule has 0 bridgehead atoms. The van der Waals surface area contributed by atoms with E-state index in [1.165, 1.54) is 6.42 Å². The molecule has 0 spiro atoms. The maximum Gasteiger partial charge on any atom is 0.289 e. The molecule has 1 aromatic carbocycles. The van der Waals surface area contributed by atoms with Crippen LogP contribution in [0.2, 0.25) is 5.02 Å². The molecule has 1 aromatic heterocycles. The Morgan fingerprint density at radius 1 is 1.42 bits per heavy atom. The number of furan rings is 1. The Labute approximate surface area is 117 Å². The topological polar surface area (TPSA) is 33.5 Å². The van der Waals surface area contributed by atoms with Crippen LogP contribution in [-0.4, -0.2) is 23.9 Å². The van der Waals surface area contributed by atoms with Crippen molar-refractivity contribution < 1.29 is 9.21 Å². The zero-order chi connectivity index (χ0) is 13.4. The van der Waals surface area contributed by atoms with Crippen LogP contribution in [0, 0.1) is 5.92 Å². The molecular formula is C15H16ClNO2. The van der Waals surface area contributed by atoms with Crippen LogP contribution in [0.1, 0.15) is 30.3 Å². The minimum absolute atomic E-state index is 0.0149. The van der Waals surface area contributed by atoms with E-state index in [4.69, 9.17) is 16.0 Å². The fraction of sp³-hybridized carbons (Fsp3) is 0.400. The van der Waals surface area contributed by atoms with E-state index in [2.05, 4.69) is 6.92 Å². The first kappa shape index (κ1) is 12.5. The maximum absolute atomic E-state index is 12.4. The van der Waals surface area contributed by atoms with Gasteiger partial charge in [-0.2, -0.15) is 0 Å². The number of fused-ring (bicyclic) bond motifs is 1. The molecular weight excluding hydrogens is 262 g/mol. The Balaban J connectivity index is 1.88. The summed E-state index contributed by atoms with van der Waals surface area (Å²) >= 11 is 5.94. The highest BCUT2D eigenvalue weighted by Crippen LogP contribution is 2.25. The second-order valence-corrected chi connectivity index (χ2v) is 5.73. The normalized spacial score (nSPS) is 19.9. The first-order valence-corrected chi connectivity index (χ1v) is 6.99. The summed E-state index contributed by atoms with van der Waals surface area (Å²) in [6.45, 7) is 3.81. The molecule has 1 fully saturated rings. The molecule has 3 nitrogen and oxygen atoms in total. The number of hydrogen-bond donors (Lipinski definition) is 0. The predicted molar refractivity (Wildman–Crippen MR) is 75.5 cm³/mol. The Kier molecular flexibility index (Phi) is 3.23. The summed E-state index contributed by atoms with van der Waals surface area (Å²) in [4.78, 5) is 14.3. The van der Waals surface area contributed by atoms with Crippen LogP contribution in [0.4, 0.5) is 0 Å². The van der Waals surface area contributed by atoms with Crippen LogP contribution in [0.15, 0.2) is 28.7 Å². The number of likely N-dealkylation sites (tertiary alicyclic amines) is 1. The van der Waals surface area contributed by atoms with Crippen LogP contribution in [0.25, 0.3) is 11.0 Å². The first-order chi connectivity index (χ1) is 9.13. The molecule has 0 saturated carbocycles. The molecule has 0 N–H and O–H groups in total. The highest BCUT2D eigenvalue weighted by molar-refractivity contribution is 6.31. The van der Waals surface area contributed by atoms with Crippen LogP contribution >= 0.6 is 11.6 Å². The smallest absolute Gasteiger partial charge is 0.289 e. The summed E-state index contributed by atoms with van der Waals surface area (Å²) in [6, 6.07) is 7.16. The van der Waals surface area contributed by atoms with E-state index in [1.807, 2.05) is 11.0 Å². The molecule has 1 aliphatic heterocycles. The molecule has 2 heterocycles. The highest BCUT2D eigenvalue weighted by atomic mass is 35.5. The van der Waals surface area contributed by atoms with Gasteiger partial charge in [-0.3, -0.25) is 4.79 Å². The van der Waals surface area contributed by atoms with Crippen molar-refractivity contribution in [2.75, 3.05) is 13.1 Å². The number of benzene rings is 1. The number of carbonyl (C=O) groups excluding carboxylic acids is 1. The minimum atomic E-state index is -0.0149. The number of carbonyl (C=O) groups is 1. The van der Waals surface area contributed by atoms with Gasteiger partial charge in [0.15, 0.2) is 5.76 Å². The number of hydrogen-bond acceptors (Lipinski definition) is 2. The van der Waals surface area contributed by atoms with Crippen molar-refractivity contribution in [3.63, 3.8) is 0 Å². The molecule has 1 saturated heterocycles. The van der Waals surface area contributed by atoms with Gasteiger partial charge < -0.3 is 9.32 Å². The highest BCUT2D eigenvalue weighted by Gasteiger charge is 2.24. The van der Waals surface area contributed by atoms with Gasteiger partial charge in [0.1, 0.15) is 5.58 Å². The average Bonchev–Trinajstić information content (AvgIpc) is 2.80. The molecule has 19 heavy (non-hydrogen) atoms. The molecule has 2 aromatic rings. The Hall–Kier alpha value is -1.48. The zero-order valence-electron chi connectivity index (χ0n) is 10.9. The predicted octanol–water partition coefficient (Wildman–Crippen LogP) is 3.96. The lowest BCUT2D eigenvalue weighted by Crippen LogP contribution is -2.38. The minimum Gasteiger partial charge on any atom is -0.451 e. The van der Waals surface area contributed by atoms with E-state index >= 15 is 0 Å². The van der Waals surface area contributed by atoms with Crippen molar-refractivity contribution in [3.05, 3.63) is 35.0 Å². The van der Waals surface area contributed by atoms with Crippen molar-refractivity contribution in [3.8, 4) is 0 Å². The number of piperidine rings is 1. The van der Waals surface area contributed by atoms with E-state index in [1.54, 1.807) is 18.2 Å². The molecule has 1 amide bonds.